The van der Waals surface area contributed by atoms with Gasteiger partial charge in [0.15, 0.2) is 0 Å². The molecular formula is C8H8Cl2N2O2. The number of pyridine rings is 1. The third-order valence-electron chi connectivity index (χ3n) is 1.64. The summed E-state index contributed by atoms with van der Waals surface area (Å²) < 4.78 is 0. The fourth-order valence-corrected chi connectivity index (χ4v) is 1.29. The van der Waals surface area contributed by atoms with E-state index in [-0.39, 0.29) is 11.6 Å². The van der Waals surface area contributed by atoms with Crippen molar-refractivity contribution >= 4 is 29.2 Å². The van der Waals surface area contributed by atoms with Gasteiger partial charge in [-0.15, -0.1) is 0 Å². The molecule has 1 heterocycles. The van der Waals surface area contributed by atoms with Crippen LogP contribution in [0, 0.1) is 0 Å². The first-order valence-corrected chi connectivity index (χ1v) is 4.54. The molecule has 0 aliphatic heterocycles. The van der Waals surface area contributed by atoms with Crippen molar-refractivity contribution in [1.29, 1.82) is 0 Å². The second-order valence-electron chi connectivity index (χ2n) is 2.75. The molecule has 0 saturated carbocycles. The summed E-state index contributed by atoms with van der Waals surface area (Å²) in [5.41, 5.74) is 5.87. The lowest BCUT2D eigenvalue weighted by Crippen LogP contribution is -2.32. The number of hydrogen-bond acceptors (Lipinski definition) is 3. The summed E-state index contributed by atoms with van der Waals surface area (Å²) in [5, 5.41) is 9.21. The number of hydrogen-bond donors (Lipinski definition) is 2. The van der Waals surface area contributed by atoms with Crippen molar-refractivity contribution in [1.82, 2.24) is 4.98 Å². The zero-order chi connectivity index (χ0) is 10.7. The summed E-state index contributed by atoms with van der Waals surface area (Å²) in [5.74, 6) is -1.08. The van der Waals surface area contributed by atoms with Gasteiger partial charge in [-0.1, -0.05) is 23.2 Å². The minimum absolute atomic E-state index is 0.113. The Labute approximate surface area is 90.6 Å². The van der Waals surface area contributed by atoms with Crippen LogP contribution in [0.1, 0.15) is 5.56 Å². The SMILES string of the molecule is NC(Cc1cc(Cl)cnc1Cl)C(=O)O. The van der Waals surface area contributed by atoms with E-state index in [0.717, 1.165) is 0 Å². The summed E-state index contributed by atoms with van der Waals surface area (Å²) >= 11 is 11.4. The van der Waals surface area contributed by atoms with Crippen molar-refractivity contribution in [3.05, 3.63) is 28.0 Å². The van der Waals surface area contributed by atoms with E-state index in [1.807, 2.05) is 0 Å². The van der Waals surface area contributed by atoms with Crippen molar-refractivity contribution < 1.29 is 9.90 Å². The molecule has 6 heteroatoms. The van der Waals surface area contributed by atoms with Crippen molar-refractivity contribution in [2.45, 2.75) is 12.5 Å². The highest BCUT2D eigenvalue weighted by Crippen LogP contribution is 2.18. The molecule has 3 N–H and O–H groups in total. The number of aromatic nitrogens is 1. The molecule has 0 spiro atoms. The van der Waals surface area contributed by atoms with E-state index in [1.54, 1.807) is 6.07 Å². The molecule has 1 aromatic rings. The summed E-state index contributed by atoms with van der Waals surface area (Å²) in [6.45, 7) is 0. The Morgan fingerprint density at radius 2 is 2.29 bits per heavy atom. The summed E-state index contributed by atoms with van der Waals surface area (Å²) in [4.78, 5) is 14.3. The first-order chi connectivity index (χ1) is 6.50. The quantitative estimate of drug-likeness (QED) is 0.775. The molecule has 0 aromatic carbocycles. The molecule has 4 nitrogen and oxygen atoms in total. The van der Waals surface area contributed by atoms with Crippen LogP contribution in [0.25, 0.3) is 0 Å². The van der Waals surface area contributed by atoms with Crippen LogP contribution >= 0.6 is 23.2 Å². The van der Waals surface area contributed by atoms with E-state index >= 15 is 0 Å². The molecule has 0 radical (unpaired) electrons. The lowest BCUT2D eigenvalue weighted by molar-refractivity contribution is -0.138. The molecule has 0 aliphatic rings. The lowest BCUT2D eigenvalue weighted by Gasteiger charge is -2.07. The summed E-state index contributed by atoms with van der Waals surface area (Å²) in [7, 11) is 0. The number of aliphatic carboxylic acids is 1. The molecule has 14 heavy (non-hydrogen) atoms. The third kappa shape index (κ3) is 2.83. The van der Waals surface area contributed by atoms with Crippen molar-refractivity contribution in [3.8, 4) is 0 Å². The smallest absolute Gasteiger partial charge is 0.320 e. The van der Waals surface area contributed by atoms with E-state index in [1.165, 1.54) is 6.20 Å². The van der Waals surface area contributed by atoms with Gasteiger partial charge in [0, 0.05) is 12.6 Å². The van der Waals surface area contributed by atoms with Crippen LogP contribution < -0.4 is 5.73 Å². The van der Waals surface area contributed by atoms with Crippen molar-refractivity contribution in [2.24, 2.45) is 5.73 Å². The largest absolute Gasteiger partial charge is 0.480 e. The minimum Gasteiger partial charge on any atom is -0.480 e. The maximum absolute atomic E-state index is 10.5. The van der Waals surface area contributed by atoms with Crippen LogP contribution in [0.4, 0.5) is 0 Å². The Kier molecular flexibility index (Phi) is 3.69. The molecule has 1 rings (SSSR count). The average molecular weight is 235 g/mol. The standard InChI is InChI=1S/C8H8Cl2N2O2/c9-5-1-4(7(10)12-3-5)2-6(11)8(13)14/h1,3,6H,2,11H2,(H,13,14). The number of rotatable bonds is 3. The van der Waals surface area contributed by atoms with Gasteiger partial charge in [0.25, 0.3) is 0 Å². The molecule has 0 fully saturated rings. The van der Waals surface area contributed by atoms with E-state index in [9.17, 15) is 4.79 Å². The van der Waals surface area contributed by atoms with Gasteiger partial charge in [0.2, 0.25) is 0 Å². The predicted octanol–water partition coefficient (Wildman–Crippen LogP) is 1.34. The van der Waals surface area contributed by atoms with Gasteiger partial charge in [0.05, 0.1) is 5.02 Å². The maximum Gasteiger partial charge on any atom is 0.320 e. The molecule has 1 aromatic heterocycles. The molecular weight excluding hydrogens is 227 g/mol. The third-order valence-corrected chi connectivity index (χ3v) is 2.18. The molecule has 1 unspecified atom stereocenters. The van der Waals surface area contributed by atoms with Gasteiger partial charge < -0.3 is 10.8 Å². The second-order valence-corrected chi connectivity index (χ2v) is 3.55. The highest BCUT2D eigenvalue weighted by atomic mass is 35.5. The van der Waals surface area contributed by atoms with Gasteiger partial charge >= 0.3 is 5.97 Å². The van der Waals surface area contributed by atoms with E-state index in [2.05, 4.69) is 4.98 Å². The molecule has 0 bridgehead atoms. The number of carboxylic acids is 1. The average Bonchev–Trinajstić information content (AvgIpc) is 2.11. The Morgan fingerprint density at radius 3 is 2.86 bits per heavy atom. The molecule has 0 saturated heterocycles. The van der Waals surface area contributed by atoms with Crippen LogP contribution in [0.2, 0.25) is 10.2 Å². The van der Waals surface area contributed by atoms with Crippen LogP contribution in [0.3, 0.4) is 0 Å². The highest BCUT2D eigenvalue weighted by molar-refractivity contribution is 6.32. The van der Waals surface area contributed by atoms with E-state index in [0.29, 0.717) is 10.6 Å². The van der Waals surface area contributed by atoms with E-state index in [4.69, 9.17) is 34.0 Å². The molecule has 1 atom stereocenters. The molecule has 76 valence electrons. The summed E-state index contributed by atoms with van der Waals surface area (Å²) in [6, 6.07) is 0.562. The fourth-order valence-electron chi connectivity index (χ4n) is 0.932. The molecule has 0 aliphatic carbocycles. The van der Waals surface area contributed by atoms with E-state index < -0.39 is 12.0 Å². The number of halogens is 2. The fraction of sp³-hybridized carbons (Fsp3) is 0.250. The first-order valence-electron chi connectivity index (χ1n) is 3.79. The second kappa shape index (κ2) is 4.59. The maximum atomic E-state index is 10.5. The monoisotopic (exact) mass is 234 g/mol. The lowest BCUT2D eigenvalue weighted by atomic mass is 10.1. The zero-order valence-corrected chi connectivity index (χ0v) is 8.59. The number of nitrogens with two attached hydrogens (primary N) is 1. The first kappa shape index (κ1) is 11.2. The topological polar surface area (TPSA) is 76.2 Å². The van der Waals surface area contributed by atoms with Crippen LogP contribution in [-0.2, 0) is 11.2 Å². The number of carbonyl (C=O) groups is 1. The Hall–Kier alpha value is -0.840. The Morgan fingerprint density at radius 1 is 1.64 bits per heavy atom. The van der Waals surface area contributed by atoms with Crippen LogP contribution in [0.15, 0.2) is 12.3 Å². The highest BCUT2D eigenvalue weighted by Gasteiger charge is 2.14. The van der Waals surface area contributed by atoms with Crippen molar-refractivity contribution in [3.63, 3.8) is 0 Å². The van der Waals surface area contributed by atoms with Gasteiger partial charge in [-0.2, -0.15) is 0 Å². The Balaban J connectivity index is 2.85. The Bertz CT molecular complexity index is 357. The van der Waals surface area contributed by atoms with Gasteiger partial charge in [0.1, 0.15) is 11.2 Å². The number of carboxylic acid groups (broad SMARTS) is 1. The normalized spacial score (nSPS) is 12.5. The van der Waals surface area contributed by atoms with Crippen LogP contribution in [0.5, 0.6) is 0 Å². The zero-order valence-electron chi connectivity index (χ0n) is 7.08. The van der Waals surface area contributed by atoms with Crippen molar-refractivity contribution in [2.75, 3.05) is 0 Å². The number of nitrogens with zero attached hydrogens (tertiary/aromatic N) is 1. The predicted molar refractivity (Wildman–Crippen MR) is 53.6 cm³/mol. The molecule has 0 amide bonds. The summed E-state index contributed by atoms with van der Waals surface area (Å²) in [6.07, 6.45) is 1.50. The van der Waals surface area contributed by atoms with Crippen LogP contribution in [-0.4, -0.2) is 22.1 Å². The van der Waals surface area contributed by atoms with Gasteiger partial charge in [-0.25, -0.2) is 4.98 Å². The van der Waals surface area contributed by atoms with Gasteiger partial charge in [-0.05, 0) is 11.6 Å². The van der Waals surface area contributed by atoms with Gasteiger partial charge in [-0.3, -0.25) is 4.79 Å². The minimum atomic E-state index is -1.08.